The lowest BCUT2D eigenvalue weighted by Crippen LogP contribution is -2.54. The van der Waals surface area contributed by atoms with Crippen molar-refractivity contribution in [2.75, 3.05) is 13.1 Å². The zero-order valence-corrected chi connectivity index (χ0v) is 11.7. The second kappa shape index (κ2) is 3.81. The Morgan fingerprint density at radius 2 is 2.06 bits per heavy atom. The highest BCUT2D eigenvalue weighted by Crippen LogP contribution is 2.45. The molecule has 1 aliphatic carbocycles. The summed E-state index contributed by atoms with van der Waals surface area (Å²) < 4.78 is 0. The van der Waals surface area contributed by atoms with E-state index in [0.717, 1.165) is 32.4 Å². The van der Waals surface area contributed by atoms with Crippen LogP contribution < -0.4 is 5.73 Å². The molecular weight excluding hydrogens is 224 g/mol. The minimum Gasteiger partial charge on any atom is -0.327 e. The molecule has 0 bridgehead atoms. The van der Waals surface area contributed by atoms with Crippen molar-refractivity contribution in [3.8, 4) is 0 Å². The average Bonchev–Trinajstić information content (AvgIpc) is 2.83. The maximum absolute atomic E-state index is 6.43. The highest BCUT2D eigenvalue weighted by Gasteiger charge is 2.49. The number of nitrogens with one attached hydrogen (secondary N) is 1. The lowest BCUT2D eigenvalue weighted by molar-refractivity contribution is 0.0674. The van der Waals surface area contributed by atoms with Crippen LogP contribution in [0.2, 0.25) is 0 Å². The van der Waals surface area contributed by atoms with Crippen LogP contribution >= 0.6 is 0 Å². The van der Waals surface area contributed by atoms with Gasteiger partial charge in [0.2, 0.25) is 0 Å². The van der Waals surface area contributed by atoms with E-state index in [1.165, 1.54) is 11.3 Å². The summed E-state index contributed by atoms with van der Waals surface area (Å²) in [5, 5.41) is 7.42. The van der Waals surface area contributed by atoms with E-state index in [-0.39, 0.29) is 17.0 Å². The molecule has 0 unspecified atom stereocenters. The summed E-state index contributed by atoms with van der Waals surface area (Å²) in [4.78, 5) is 2.57. The quantitative estimate of drug-likeness (QED) is 0.730. The van der Waals surface area contributed by atoms with Crippen LogP contribution in [0, 0.1) is 0 Å². The van der Waals surface area contributed by atoms with Crippen LogP contribution in [0.5, 0.6) is 0 Å². The minimum atomic E-state index is 0.160. The van der Waals surface area contributed by atoms with E-state index >= 15 is 0 Å². The molecule has 1 atom stereocenters. The van der Waals surface area contributed by atoms with Gasteiger partial charge in [-0.05, 0) is 58.7 Å². The van der Waals surface area contributed by atoms with Gasteiger partial charge < -0.3 is 5.73 Å². The number of hydrogen-bond donors (Lipinski definition) is 2. The van der Waals surface area contributed by atoms with Crippen LogP contribution in [-0.4, -0.2) is 39.8 Å². The van der Waals surface area contributed by atoms with Crippen molar-refractivity contribution in [1.29, 1.82) is 0 Å². The Kier molecular flexibility index (Phi) is 2.58. The molecule has 3 rings (SSSR count). The standard InChI is InChI=1S/C14H24N4/c1-13(2,3)18-6-4-14(5-7-18)11(15)8-10-9-16-17-12(10)14/h9,11H,4-8,15H2,1-3H3,(H,16,17)/t11-/m1/s1. The molecule has 3 N–H and O–H groups in total. The fourth-order valence-corrected chi connectivity index (χ4v) is 3.71. The van der Waals surface area contributed by atoms with Crippen molar-refractivity contribution < 1.29 is 0 Å². The number of nitrogens with two attached hydrogens (primary N) is 1. The third kappa shape index (κ3) is 1.62. The van der Waals surface area contributed by atoms with Crippen molar-refractivity contribution in [2.45, 2.75) is 57.0 Å². The maximum Gasteiger partial charge on any atom is 0.0522 e. The van der Waals surface area contributed by atoms with Gasteiger partial charge >= 0.3 is 0 Å². The van der Waals surface area contributed by atoms with Gasteiger partial charge in [-0.2, -0.15) is 5.10 Å². The molecule has 4 nitrogen and oxygen atoms in total. The van der Waals surface area contributed by atoms with Gasteiger partial charge in [-0.3, -0.25) is 10.00 Å². The van der Waals surface area contributed by atoms with E-state index in [4.69, 9.17) is 5.73 Å². The Labute approximate surface area is 109 Å². The second-order valence-corrected chi connectivity index (χ2v) is 6.89. The number of fused-ring (bicyclic) bond motifs is 2. The van der Waals surface area contributed by atoms with Crippen LogP contribution in [0.1, 0.15) is 44.9 Å². The largest absolute Gasteiger partial charge is 0.327 e. The molecule has 2 heterocycles. The molecule has 1 fully saturated rings. The zero-order valence-electron chi connectivity index (χ0n) is 11.7. The first kappa shape index (κ1) is 12.2. The number of aromatic nitrogens is 2. The predicted molar refractivity (Wildman–Crippen MR) is 72.5 cm³/mol. The van der Waals surface area contributed by atoms with Gasteiger partial charge in [0.1, 0.15) is 0 Å². The fourth-order valence-electron chi connectivity index (χ4n) is 3.71. The van der Waals surface area contributed by atoms with Gasteiger partial charge in [-0.25, -0.2) is 0 Å². The summed E-state index contributed by atoms with van der Waals surface area (Å²) >= 11 is 0. The first-order valence-electron chi connectivity index (χ1n) is 6.97. The SMILES string of the molecule is CC(C)(C)N1CCC2(CC1)c1[nH]ncc1C[C@H]2N. The van der Waals surface area contributed by atoms with E-state index in [1.54, 1.807) is 0 Å². The number of aromatic amines is 1. The van der Waals surface area contributed by atoms with Crippen LogP contribution in [0.3, 0.4) is 0 Å². The molecule has 0 saturated carbocycles. The van der Waals surface area contributed by atoms with Crippen LogP contribution in [-0.2, 0) is 11.8 Å². The molecule has 100 valence electrons. The van der Waals surface area contributed by atoms with Gasteiger partial charge in [0.05, 0.1) is 6.20 Å². The van der Waals surface area contributed by atoms with Crippen molar-refractivity contribution in [3.63, 3.8) is 0 Å². The summed E-state index contributed by atoms with van der Waals surface area (Å²) in [5.74, 6) is 0. The number of nitrogens with zero attached hydrogens (tertiary/aromatic N) is 2. The summed E-state index contributed by atoms with van der Waals surface area (Å²) in [5.41, 5.74) is 9.51. The number of hydrogen-bond acceptors (Lipinski definition) is 3. The summed E-state index contributed by atoms with van der Waals surface area (Å²) in [7, 11) is 0. The Balaban J connectivity index is 1.84. The molecule has 2 aliphatic rings. The molecule has 0 amide bonds. The third-order valence-electron chi connectivity index (χ3n) is 4.97. The zero-order chi connectivity index (χ0) is 13.0. The van der Waals surface area contributed by atoms with E-state index in [1.807, 2.05) is 6.20 Å². The van der Waals surface area contributed by atoms with Crippen molar-refractivity contribution in [2.24, 2.45) is 5.73 Å². The van der Waals surface area contributed by atoms with E-state index in [9.17, 15) is 0 Å². The predicted octanol–water partition coefficient (Wildman–Crippen LogP) is 1.43. The summed E-state index contributed by atoms with van der Waals surface area (Å²) in [6.45, 7) is 9.15. The first-order chi connectivity index (χ1) is 8.43. The molecule has 1 aliphatic heterocycles. The average molecular weight is 248 g/mol. The summed E-state index contributed by atoms with van der Waals surface area (Å²) in [6.07, 6.45) is 5.25. The van der Waals surface area contributed by atoms with Gasteiger partial charge in [-0.1, -0.05) is 0 Å². The molecule has 1 spiro atoms. The van der Waals surface area contributed by atoms with Crippen LogP contribution in [0.25, 0.3) is 0 Å². The summed E-state index contributed by atoms with van der Waals surface area (Å²) in [6, 6.07) is 0.267. The Bertz CT molecular complexity index is 435. The smallest absolute Gasteiger partial charge is 0.0522 e. The number of piperidine rings is 1. The fraction of sp³-hybridized carbons (Fsp3) is 0.786. The lowest BCUT2D eigenvalue weighted by Gasteiger charge is -2.46. The Hall–Kier alpha value is -0.870. The van der Waals surface area contributed by atoms with Crippen molar-refractivity contribution >= 4 is 0 Å². The van der Waals surface area contributed by atoms with E-state index in [0.29, 0.717) is 0 Å². The molecule has 1 aromatic rings. The van der Waals surface area contributed by atoms with Gasteiger partial charge in [0.15, 0.2) is 0 Å². The van der Waals surface area contributed by atoms with Crippen LogP contribution in [0.15, 0.2) is 6.20 Å². The topological polar surface area (TPSA) is 57.9 Å². The van der Waals surface area contributed by atoms with Gasteiger partial charge in [-0.15, -0.1) is 0 Å². The van der Waals surface area contributed by atoms with Crippen molar-refractivity contribution in [3.05, 3.63) is 17.5 Å². The lowest BCUT2D eigenvalue weighted by atomic mass is 9.73. The number of H-pyrrole nitrogens is 1. The highest BCUT2D eigenvalue weighted by molar-refractivity contribution is 5.36. The maximum atomic E-state index is 6.43. The molecule has 0 radical (unpaired) electrons. The third-order valence-corrected chi connectivity index (χ3v) is 4.97. The normalized spacial score (nSPS) is 27.7. The highest BCUT2D eigenvalue weighted by atomic mass is 15.2. The monoisotopic (exact) mass is 248 g/mol. The molecule has 4 heteroatoms. The van der Waals surface area contributed by atoms with Crippen molar-refractivity contribution in [1.82, 2.24) is 15.1 Å². The second-order valence-electron chi connectivity index (χ2n) is 6.89. The molecule has 1 aromatic heterocycles. The molecule has 1 saturated heterocycles. The van der Waals surface area contributed by atoms with E-state index in [2.05, 4.69) is 35.9 Å². The van der Waals surface area contributed by atoms with Gasteiger partial charge in [0, 0.05) is 22.7 Å². The molecular formula is C14H24N4. The number of likely N-dealkylation sites (tertiary alicyclic amines) is 1. The minimum absolute atomic E-state index is 0.160. The number of rotatable bonds is 0. The molecule has 18 heavy (non-hydrogen) atoms. The molecule has 0 aromatic carbocycles. The Morgan fingerprint density at radius 1 is 1.39 bits per heavy atom. The van der Waals surface area contributed by atoms with E-state index < -0.39 is 0 Å². The van der Waals surface area contributed by atoms with Gasteiger partial charge in [0.25, 0.3) is 0 Å². The Morgan fingerprint density at radius 3 is 2.67 bits per heavy atom. The van der Waals surface area contributed by atoms with Crippen LogP contribution in [0.4, 0.5) is 0 Å². The first-order valence-corrected chi connectivity index (χ1v) is 6.97.